The number of hydrogen-bond acceptors (Lipinski definition) is 4. The first kappa shape index (κ1) is 11.9. The Morgan fingerprint density at radius 3 is 2.56 bits per heavy atom. The van der Waals surface area contributed by atoms with Crippen LogP contribution >= 0.6 is 0 Å². The predicted molar refractivity (Wildman–Crippen MR) is 66.2 cm³/mol. The van der Waals surface area contributed by atoms with Crippen molar-refractivity contribution in [3.8, 4) is 0 Å². The van der Waals surface area contributed by atoms with Gasteiger partial charge in [0.15, 0.2) is 5.82 Å². The minimum absolute atomic E-state index is 0.0507. The van der Waals surface area contributed by atoms with Gasteiger partial charge in [-0.25, -0.2) is 0 Å². The Morgan fingerprint density at radius 1 is 1.39 bits per heavy atom. The molecule has 1 aromatic heterocycles. The highest BCUT2D eigenvalue weighted by molar-refractivity contribution is 5.94. The highest BCUT2D eigenvalue weighted by atomic mass is 16.5. The number of ketones is 1. The Hall–Kier alpha value is -1.19. The molecule has 0 radical (unpaired) electrons. The Morgan fingerprint density at radius 2 is 2.11 bits per heavy atom. The summed E-state index contributed by atoms with van der Waals surface area (Å²) in [5.74, 6) is 2.26. The van der Waals surface area contributed by atoms with E-state index < -0.39 is 5.41 Å². The summed E-state index contributed by atoms with van der Waals surface area (Å²) in [5.41, 5.74) is -0.567. The summed E-state index contributed by atoms with van der Waals surface area (Å²) in [6.45, 7) is 8.42. The zero-order chi connectivity index (χ0) is 13.1. The molecule has 0 saturated heterocycles. The molecule has 0 N–H and O–H groups in total. The lowest BCUT2D eigenvalue weighted by Gasteiger charge is -2.32. The zero-order valence-corrected chi connectivity index (χ0v) is 11.5. The van der Waals surface area contributed by atoms with Crippen molar-refractivity contribution >= 4 is 5.78 Å². The van der Waals surface area contributed by atoms with E-state index in [-0.39, 0.29) is 11.3 Å². The maximum atomic E-state index is 12.4. The number of rotatable bonds is 2. The van der Waals surface area contributed by atoms with E-state index in [1.807, 2.05) is 13.8 Å². The summed E-state index contributed by atoms with van der Waals surface area (Å²) in [4.78, 5) is 16.9. The monoisotopic (exact) mass is 248 g/mol. The zero-order valence-electron chi connectivity index (χ0n) is 11.5. The average Bonchev–Trinajstić information content (AvgIpc) is 2.90. The van der Waals surface area contributed by atoms with Crippen molar-refractivity contribution in [1.29, 1.82) is 0 Å². The molecule has 2 bridgehead atoms. The van der Waals surface area contributed by atoms with Gasteiger partial charge in [0.05, 0.1) is 0 Å². The molecule has 1 aromatic rings. The first-order chi connectivity index (χ1) is 8.39. The summed E-state index contributed by atoms with van der Waals surface area (Å²) < 4.78 is 5.45. The van der Waals surface area contributed by atoms with Crippen LogP contribution in [0.15, 0.2) is 4.52 Å². The molecule has 2 saturated carbocycles. The predicted octanol–water partition coefficient (Wildman–Crippen LogP) is 2.84. The maximum absolute atomic E-state index is 12.4. The number of Topliss-reactive ketones (excluding diaryl/α,β-unsaturated/α-hetero) is 1. The van der Waals surface area contributed by atoms with Crippen LogP contribution in [0.4, 0.5) is 0 Å². The second kappa shape index (κ2) is 3.43. The number of aromatic nitrogens is 2. The molecule has 4 heteroatoms. The Bertz CT molecular complexity index is 504. The van der Waals surface area contributed by atoms with Crippen molar-refractivity contribution in [2.24, 2.45) is 11.3 Å². The van der Waals surface area contributed by atoms with Crippen molar-refractivity contribution in [2.45, 2.75) is 58.3 Å². The van der Waals surface area contributed by atoms with Crippen LogP contribution in [-0.4, -0.2) is 15.9 Å². The van der Waals surface area contributed by atoms with Crippen LogP contribution < -0.4 is 0 Å². The van der Waals surface area contributed by atoms with E-state index >= 15 is 0 Å². The van der Waals surface area contributed by atoms with Crippen LogP contribution in [0.2, 0.25) is 0 Å². The molecule has 0 spiro atoms. The van der Waals surface area contributed by atoms with Gasteiger partial charge in [-0.2, -0.15) is 4.98 Å². The van der Waals surface area contributed by atoms with E-state index in [0.717, 1.165) is 12.8 Å². The van der Waals surface area contributed by atoms with Crippen LogP contribution in [0, 0.1) is 11.3 Å². The molecule has 2 aliphatic carbocycles. The van der Waals surface area contributed by atoms with Crippen molar-refractivity contribution < 1.29 is 9.32 Å². The van der Waals surface area contributed by atoms with E-state index in [2.05, 4.69) is 24.0 Å². The number of carbonyl (C=O) groups excluding carboxylic acids is 1. The van der Waals surface area contributed by atoms with Crippen LogP contribution in [0.25, 0.3) is 0 Å². The van der Waals surface area contributed by atoms with Crippen molar-refractivity contribution in [1.82, 2.24) is 10.1 Å². The molecule has 2 aliphatic rings. The molecule has 2 fully saturated rings. The molecular weight excluding hydrogens is 228 g/mol. The Balaban J connectivity index is 2.10. The van der Waals surface area contributed by atoms with Gasteiger partial charge in [0, 0.05) is 12.3 Å². The summed E-state index contributed by atoms with van der Waals surface area (Å²) >= 11 is 0. The first-order valence-corrected chi connectivity index (χ1v) is 6.77. The standard InChI is InChI=1S/C14H20N2O2/c1-8(2)11-15-12(18-16-11)14-6-5-9(7-10(14)17)13(14,3)4/h8-9H,5-7H2,1-4H3/t9-,14+/m1/s1. The minimum atomic E-state index is -0.516. The molecule has 4 nitrogen and oxygen atoms in total. The van der Waals surface area contributed by atoms with Crippen LogP contribution in [0.1, 0.15) is 64.6 Å². The molecule has 0 aliphatic heterocycles. The molecule has 98 valence electrons. The maximum Gasteiger partial charge on any atom is 0.240 e. The number of nitrogens with zero attached hydrogens (tertiary/aromatic N) is 2. The summed E-state index contributed by atoms with van der Waals surface area (Å²) in [6, 6.07) is 0. The lowest BCUT2D eigenvalue weighted by Crippen LogP contribution is -2.40. The van der Waals surface area contributed by atoms with Gasteiger partial charge < -0.3 is 4.52 Å². The van der Waals surface area contributed by atoms with Crippen LogP contribution in [0.3, 0.4) is 0 Å². The number of hydrogen-bond donors (Lipinski definition) is 0. The molecule has 0 aromatic carbocycles. The largest absolute Gasteiger partial charge is 0.338 e. The minimum Gasteiger partial charge on any atom is -0.338 e. The van der Waals surface area contributed by atoms with E-state index in [0.29, 0.717) is 29.8 Å². The fourth-order valence-corrected chi connectivity index (χ4v) is 3.82. The summed E-state index contributed by atoms with van der Waals surface area (Å²) in [7, 11) is 0. The highest BCUT2D eigenvalue weighted by Gasteiger charge is 2.67. The van der Waals surface area contributed by atoms with Gasteiger partial charge in [-0.3, -0.25) is 4.79 Å². The second-order valence-corrected chi connectivity index (χ2v) is 6.60. The van der Waals surface area contributed by atoms with Gasteiger partial charge in [0.1, 0.15) is 11.2 Å². The van der Waals surface area contributed by atoms with Crippen molar-refractivity contribution in [2.75, 3.05) is 0 Å². The third-order valence-corrected chi connectivity index (χ3v) is 5.22. The topological polar surface area (TPSA) is 56.0 Å². The SMILES string of the molecule is CC(C)c1noc([C@]23CC[C@H](CC2=O)C3(C)C)n1. The molecular formula is C14H20N2O2. The van der Waals surface area contributed by atoms with Gasteiger partial charge in [-0.1, -0.05) is 32.9 Å². The van der Waals surface area contributed by atoms with Crippen molar-refractivity contribution in [3.05, 3.63) is 11.7 Å². The van der Waals surface area contributed by atoms with Gasteiger partial charge in [0.2, 0.25) is 5.89 Å². The highest BCUT2D eigenvalue weighted by Crippen LogP contribution is 2.64. The molecule has 0 amide bonds. The molecule has 2 atom stereocenters. The smallest absolute Gasteiger partial charge is 0.240 e. The molecule has 18 heavy (non-hydrogen) atoms. The van der Waals surface area contributed by atoms with Gasteiger partial charge in [-0.05, 0) is 24.2 Å². The van der Waals surface area contributed by atoms with Gasteiger partial charge in [0.25, 0.3) is 0 Å². The Labute approximate surface area is 107 Å². The first-order valence-electron chi connectivity index (χ1n) is 6.77. The normalized spacial score (nSPS) is 33.6. The van der Waals surface area contributed by atoms with E-state index in [9.17, 15) is 4.79 Å². The second-order valence-electron chi connectivity index (χ2n) is 6.60. The third-order valence-electron chi connectivity index (χ3n) is 5.22. The summed E-state index contributed by atoms with van der Waals surface area (Å²) in [6.07, 6.45) is 2.63. The molecule has 1 heterocycles. The number of carbonyl (C=O) groups is 1. The molecule has 0 unspecified atom stereocenters. The number of fused-ring (bicyclic) bond motifs is 2. The van der Waals surface area contributed by atoms with Crippen LogP contribution in [0.5, 0.6) is 0 Å². The van der Waals surface area contributed by atoms with E-state index in [1.165, 1.54) is 0 Å². The summed E-state index contributed by atoms with van der Waals surface area (Å²) in [5, 5.41) is 4.03. The molecule has 3 rings (SSSR count). The van der Waals surface area contributed by atoms with Gasteiger partial charge >= 0.3 is 0 Å². The van der Waals surface area contributed by atoms with Crippen LogP contribution in [-0.2, 0) is 10.2 Å². The fraction of sp³-hybridized carbons (Fsp3) is 0.786. The van der Waals surface area contributed by atoms with E-state index in [4.69, 9.17) is 4.52 Å². The lowest BCUT2D eigenvalue weighted by atomic mass is 9.69. The van der Waals surface area contributed by atoms with E-state index in [1.54, 1.807) is 0 Å². The third kappa shape index (κ3) is 1.19. The fourth-order valence-electron chi connectivity index (χ4n) is 3.82. The Kier molecular flexibility index (Phi) is 2.26. The van der Waals surface area contributed by atoms with Crippen molar-refractivity contribution in [3.63, 3.8) is 0 Å². The average molecular weight is 248 g/mol. The van der Waals surface area contributed by atoms with Gasteiger partial charge in [-0.15, -0.1) is 0 Å². The quantitative estimate of drug-likeness (QED) is 0.807. The lowest BCUT2D eigenvalue weighted by molar-refractivity contribution is -0.125.